The molecule has 0 amide bonds. The lowest BCUT2D eigenvalue weighted by Crippen LogP contribution is -2.05. The van der Waals surface area contributed by atoms with Crippen LogP contribution in [0.3, 0.4) is 0 Å². The maximum Gasteiger partial charge on any atom is 0.159 e. The zero-order valence-corrected chi connectivity index (χ0v) is 10.5. The van der Waals surface area contributed by atoms with Crippen LogP contribution in [0.25, 0.3) is 0 Å². The molecule has 2 rings (SSSR count). The van der Waals surface area contributed by atoms with Crippen molar-refractivity contribution in [2.24, 2.45) is 0 Å². The third kappa shape index (κ3) is 3.61. The Labute approximate surface area is 109 Å². The van der Waals surface area contributed by atoms with Crippen LogP contribution in [-0.2, 0) is 6.54 Å². The van der Waals surface area contributed by atoms with Gasteiger partial charge in [0.25, 0.3) is 0 Å². The SMILES string of the molecule is CCNc1cncc(NCc2ccc(F)c(F)c2)n1. The summed E-state index contributed by atoms with van der Waals surface area (Å²) in [6.07, 6.45) is 3.19. The minimum Gasteiger partial charge on any atom is -0.369 e. The first-order valence-corrected chi connectivity index (χ1v) is 5.92. The van der Waals surface area contributed by atoms with Crippen molar-refractivity contribution in [2.75, 3.05) is 17.2 Å². The maximum absolute atomic E-state index is 13.0. The highest BCUT2D eigenvalue weighted by molar-refractivity contribution is 5.41. The van der Waals surface area contributed by atoms with Gasteiger partial charge < -0.3 is 10.6 Å². The van der Waals surface area contributed by atoms with E-state index in [-0.39, 0.29) is 0 Å². The smallest absolute Gasteiger partial charge is 0.159 e. The van der Waals surface area contributed by atoms with Crippen LogP contribution in [0.2, 0.25) is 0 Å². The number of hydrogen-bond donors (Lipinski definition) is 2. The predicted octanol–water partition coefficient (Wildman–Crippen LogP) is 2.80. The molecule has 0 saturated carbocycles. The molecule has 0 unspecified atom stereocenters. The van der Waals surface area contributed by atoms with E-state index in [1.807, 2.05) is 6.92 Å². The van der Waals surface area contributed by atoms with Gasteiger partial charge in [0, 0.05) is 13.1 Å². The Morgan fingerprint density at radius 3 is 2.47 bits per heavy atom. The molecule has 100 valence electrons. The van der Waals surface area contributed by atoms with E-state index in [0.717, 1.165) is 18.7 Å². The van der Waals surface area contributed by atoms with Crippen LogP contribution < -0.4 is 10.6 Å². The van der Waals surface area contributed by atoms with Crippen molar-refractivity contribution in [3.63, 3.8) is 0 Å². The molecule has 19 heavy (non-hydrogen) atoms. The highest BCUT2D eigenvalue weighted by Crippen LogP contribution is 2.11. The molecule has 0 aliphatic carbocycles. The molecule has 0 fully saturated rings. The summed E-state index contributed by atoms with van der Waals surface area (Å²) in [6, 6.07) is 3.78. The van der Waals surface area contributed by atoms with Gasteiger partial charge >= 0.3 is 0 Å². The van der Waals surface area contributed by atoms with Crippen LogP contribution in [0.4, 0.5) is 20.4 Å². The quantitative estimate of drug-likeness (QED) is 0.872. The van der Waals surface area contributed by atoms with Crippen LogP contribution >= 0.6 is 0 Å². The van der Waals surface area contributed by atoms with Crippen molar-refractivity contribution >= 4 is 11.6 Å². The number of hydrogen-bond acceptors (Lipinski definition) is 4. The number of nitrogens with zero attached hydrogens (tertiary/aromatic N) is 2. The molecule has 6 heteroatoms. The first kappa shape index (κ1) is 13.2. The standard InChI is InChI=1S/C13H14F2N4/c1-2-17-12-7-16-8-13(19-12)18-6-9-3-4-10(14)11(15)5-9/h3-5,7-8H,2,6H2,1H3,(H2,17,18,19). The van der Waals surface area contributed by atoms with Crippen molar-refractivity contribution in [2.45, 2.75) is 13.5 Å². The summed E-state index contributed by atoms with van der Waals surface area (Å²) < 4.78 is 25.8. The Balaban J connectivity index is 2.01. The predicted molar refractivity (Wildman–Crippen MR) is 69.9 cm³/mol. The fraction of sp³-hybridized carbons (Fsp3) is 0.231. The Kier molecular flexibility index (Phi) is 4.22. The van der Waals surface area contributed by atoms with Gasteiger partial charge in [-0.05, 0) is 24.6 Å². The maximum atomic E-state index is 13.0. The Morgan fingerprint density at radius 1 is 1.05 bits per heavy atom. The summed E-state index contributed by atoms with van der Waals surface area (Å²) in [5.74, 6) is -0.467. The van der Waals surface area contributed by atoms with Crippen LogP contribution in [-0.4, -0.2) is 16.5 Å². The minimum absolute atomic E-state index is 0.349. The summed E-state index contributed by atoms with van der Waals surface area (Å²) in [5.41, 5.74) is 0.634. The van der Waals surface area contributed by atoms with Gasteiger partial charge in [-0.3, -0.25) is 4.98 Å². The fourth-order valence-electron chi connectivity index (χ4n) is 1.56. The number of nitrogens with one attached hydrogen (secondary N) is 2. The van der Waals surface area contributed by atoms with E-state index in [4.69, 9.17) is 0 Å². The monoisotopic (exact) mass is 264 g/mol. The molecule has 1 aromatic carbocycles. The molecule has 0 atom stereocenters. The molecule has 1 heterocycles. The fourth-order valence-corrected chi connectivity index (χ4v) is 1.56. The van der Waals surface area contributed by atoms with E-state index in [9.17, 15) is 8.78 Å². The number of rotatable bonds is 5. The number of halogens is 2. The molecule has 1 aromatic heterocycles. The van der Waals surface area contributed by atoms with Gasteiger partial charge in [-0.25, -0.2) is 13.8 Å². The van der Waals surface area contributed by atoms with Gasteiger partial charge in [0.2, 0.25) is 0 Å². The second-order valence-corrected chi connectivity index (χ2v) is 3.92. The van der Waals surface area contributed by atoms with Crippen molar-refractivity contribution in [1.82, 2.24) is 9.97 Å². The zero-order chi connectivity index (χ0) is 13.7. The van der Waals surface area contributed by atoms with Gasteiger partial charge in [-0.2, -0.15) is 0 Å². The molecule has 0 radical (unpaired) electrons. The molecule has 2 aromatic rings. The summed E-state index contributed by atoms with van der Waals surface area (Å²) >= 11 is 0. The first-order chi connectivity index (χ1) is 9.19. The molecule has 4 nitrogen and oxygen atoms in total. The molecule has 0 spiro atoms. The molecular formula is C13H14F2N4. The molecule has 0 bridgehead atoms. The second-order valence-electron chi connectivity index (χ2n) is 3.92. The van der Waals surface area contributed by atoms with E-state index in [1.165, 1.54) is 6.07 Å². The van der Waals surface area contributed by atoms with Crippen molar-refractivity contribution in [3.8, 4) is 0 Å². The topological polar surface area (TPSA) is 49.8 Å². The number of anilines is 2. The largest absolute Gasteiger partial charge is 0.369 e. The Morgan fingerprint density at radius 2 is 1.79 bits per heavy atom. The lowest BCUT2D eigenvalue weighted by molar-refractivity contribution is 0.507. The van der Waals surface area contributed by atoms with Gasteiger partial charge in [0.1, 0.15) is 11.6 Å². The van der Waals surface area contributed by atoms with Gasteiger partial charge in [0.15, 0.2) is 11.6 Å². The highest BCUT2D eigenvalue weighted by atomic mass is 19.2. The van der Waals surface area contributed by atoms with E-state index < -0.39 is 11.6 Å². The van der Waals surface area contributed by atoms with Gasteiger partial charge in [0.05, 0.1) is 12.4 Å². The van der Waals surface area contributed by atoms with Crippen molar-refractivity contribution < 1.29 is 8.78 Å². The second kappa shape index (κ2) is 6.08. The third-order valence-corrected chi connectivity index (χ3v) is 2.45. The van der Waals surface area contributed by atoms with Crippen LogP contribution in [0, 0.1) is 11.6 Å². The summed E-state index contributed by atoms with van der Waals surface area (Å²) in [4.78, 5) is 8.29. The molecule has 0 aliphatic heterocycles. The molecule has 0 aliphatic rings. The average Bonchev–Trinajstić information content (AvgIpc) is 2.41. The lowest BCUT2D eigenvalue weighted by Gasteiger charge is -2.07. The Hall–Kier alpha value is -2.24. The van der Waals surface area contributed by atoms with Gasteiger partial charge in [-0.15, -0.1) is 0 Å². The first-order valence-electron chi connectivity index (χ1n) is 5.92. The van der Waals surface area contributed by atoms with E-state index in [1.54, 1.807) is 12.4 Å². The van der Waals surface area contributed by atoms with Crippen molar-refractivity contribution in [3.05, 3.63) is 47.8 Å². The van der Waals surface area contributed by atoms with Gasteiger partial charge in [-0.1, -0.05) is 6.07 Å². The van der Waals surface area contributed by atoms with E-state index >= 15 is 0 Å². The third-order valence-electron chi connectivity index (χ3n) is 2.45. The normalized spacial score (nSPS) is 10.3. The average molecular weight is 264 g/mol. The minimum atomic E-state index is -0.855. The molecule has 2 N–H and O–H groups in total. The van der Waals surface area contributed by atoms with Crippen LogP contribution in [0.5, 0.6) is 0 Å². The highest BCUT2D eigenvalue weighted by Gasteiger charge is 2.03. The molecule has 0 saturated heterocycles. The van der Waals surface area contributed by atoms with Crippen molar-refractivity contribution in [1.29, 1.82) is 0 Å². The van der Waals surface area contributed by atoms with E-state index in [2.05, 4.69) is 20.6 Å². The van der Waals surface area contributed by atoms with E-state index in [0.29, 0.717) is 23.7 Å². The van der Waals surface area contributed by atoms with Crippen LogP contribution in [0.1, 0.15) is 12.5 Å². The summed E-state index contributed by atoms with van der Waals surface area (Å²) in [5, 5.41) is 6.04. The lowest BCUT2D eigenvalue weighted by atomic mass is 10.2. The zero-order valence-electron chi connectivity index (χ0n) is 10.5. The summed E-state index contributed by atoms with van der Waals surface area (Å²) in [6.45, 7) is 3.06. The molecular weight excluding hydrogens is 250 g/mol. The van der Waals surface area contributed by atoms with Crippen LogP contribution in [0.15, 0.2) is 30.6 Å². The summed E-state index contributed by atoms with van der Waals surface area (Å²) in [7, 11) is 0. The number of benzene rings is 1. The number of aromatic nitrogens is 2. The Bertz CT molecular complexity index is 560.